The summed E-state index contributed by atoms with van der Waals surface area (Å²) in [6, 6.07) is 9.39. The smallest absolute Gasteiger partial charge is 0.123 e. The number of nitrogens with zero attached hydrogens (tertiary/aromatic N) is 3. The Balaban J connectivity index is 0.00000121. The summed E-state index contributed by atoms with van der Waals surface area (Å²) >= 11 is 0. The Labute approximate surface area is 166 Å². The van der Waals surface area contributed by atoms with Crippen LogP contribution in [-0.4, -0.2) is 28.0 Å². The second-order valence-electron chi connectivity index (χ2n) is 6.78. The second kappa shape index (κ2) is 8.38. The van der Waals surface area contributed by atoms with E-state index in [0.717, 1.165) is 49.1 Å². The van der Waals surface area contributed by atoms with Crippen LogP contribution in [0.25, 0.3) is 10.9 Å². The first-order chi connectivity index (χ1) is 11.6. The van der Waals surface area contributed by atoms with Crippen LogP contribution in [-0.2, 0) is 25.9 Å². The third kappa shape index (κ3) is 3.88. The largest absolute Gasteiger partial charge is 0.344 e. The summed E-state index contributed by atoms with van der Waals surface area (Å²) in [5, 5.41) is 1.07. The summed E-state index contributed by atoms with van der Waals surface area (Å²) in [6.07, 6.45) is 3.92. The summed E-state index contributed by atoms with van der Waals surface area (Å²) in [6.45, 7) is 4.86. The molecule has 0 bridgehead atoms. The minimum atomic E-state index is -0.154. The maximum Gasteiger partial charge on any atom is 0.123 e. The number of hydrogen-bond acceptors (Lipinski definition) is 2. The molecule has 0 saturated carbocycles. The number of aromatic nitrogens is 2. The lowest BCUT2D eigenvalue weighted by atomic mass is 10.0. The number of benzene rings is 1. The highest BCUT2D eigenvalue weighted by atomic mass is 35.5. The van der Waals surface area contributed by atoms with Gasteiger partial charge in [-0.25, -0.2) is 4.39 Å². The molecule has 6 heteroatoms. The third-order valence-electron chi connectivity index (χ3n) is 5.00. The molecule has 140 valence electrons. The molecule has 0 atom stereocenters. The fourth-order valence-electron chi connectivity index (χ4n) is 3.70. The molecule has 0 N–H and O–H groups in total. The number of likely N-dealkylation sites (N-methyl/N-ethyl adjacent to an activating group) is 1. The van der Waals surface area contributed by atoms with Crippen molar-refractivity contribution in [2.24, 2.45) is 0 Å². The van der Waals surface area contributed by atoms with Gasteiger partial charge in [-0.05, 0) is 55.8 Å². The number of fused-ring (bicyclic) bond motifs is 3. The van der Waals surface area contributed by atoms with Crippen molar-refractivity contribution in [1.29, 1.82) is 0 Å². The highest BCUT2D eigenvalue weighted by Crippen LogP contribution is 2.31. The molecule has 0 unspecified atom stereocenters. The van der Waals surface area contributed by atoms with Crippen LogP contribution in [0.5, 0.6) is 0 Å². The zero-order valence-corrected chi connectivity index (χ0v) is 16.7. The Morgan fingerprint density at radius 1 is 1.15 bits per heavy atom. The highest BCUT2D eigenvalue weighted by molar-refractivity contribution is 5.86. The molecule has 26 heavy (non-hydrogen) atoms. The van der Waals surface area contributed by atoms with E-state index in [4.69, 9.17) is 0 Å². The zero-order chi connectivity index (χ0) is 16.7. The van der Waals surface area contributed by atoms with Crippen molar-refractivity contribution in [3.05, 3.63) is 64.9 Å². The van der Waals surface area contributed by atoms with E-state index in [1.54, 1.807) is 12.1 Å². The lowest BCUT2D eigenvalue weighted by Crippen LogP contribution is -2.27. The van der Waals surface area contributed by atoms with Gasteiger partial charge in [0.2, 0.25) is 0 Å². The lowest BCUT2D eigenvalue weighted by Gasteiger charge is -2.24. The van der Waals surface area contributed by atoms with Crippen LogP contribution < -0.4 is 0 Å². The zero-order valence-electron chi connectivity index (χ0n) is 15.0. The van der Waals surface area contributed by atoms with Crippen LogP contribution in [0.2, 0.25) is 0 Å². The van der Waals surface area contributed by atoms with Crippen molar-refractivity contribution in [2.45, 2.75) is 32.9 Å². The van der Waals surface area contributed by atoms with Crippen molar-refractivity contribution in [1.82, 2.24) is 14.5 Å². The maximum absolute atomic E-state index is 13.8. The monoisotopic (exact) mass is 395 g/mol. The first-order valence-electron chi connectivity index (χ1n) is 8.51. The van der Waals surface area contributed by atoms with Crippen molar-refractivity contribution in [2.75, 3.05) is 13.6 Å². The van der Waals surface area contributed by atoms with E-state index in [0.29, 0.717) is 0 Å². The molecule has 3 nitrogen and oxygen atoms in total. The average Bonchev–Trinajstić information content (AvgIpc) is 2.87. The molecule has 1 aromatic carbocycles. The van der Waals surface area contributed by atoms with Gasteiger partial charge in [0.05, 0.1) is 0 Å². The normalized spacial score (nSPS) is 13.8. The van der Waals surface area contributed by atoms with Crippen LogP contribution >= 0.6 is 24.8 Å². The van der Waals surface area contributed by atoms with Crippen LogP contribution in [0.3, 0.4) is 0 Å². The fourth-order valence-corrected chi connectivity index (χ4v) is 3.70. The van der Waals surface area contributed by atoms with E-state index in [1.807, 2.05) is 19.2 Å². The molecular weight excluding hydrogens is 372 g/mol. The molecular formula is C20H24Cl2FN3. The molecule has 3 aromatic rings. The van der Waals surface area contributed by atoms with Gasteiger partial charge in [0.1, 0.15) is 5.82 Å². The summed E-state index contributed by atoms with van der Waals surface area (Å²) in [5.41, 5.74) is 6.10. The van der Waals surface area contributed by atoms with Crippen molar-refractivity contribution in [3.63, 3.8) is 0 Å². The summed E-state index contributed by atoms with van der Waals surface area (Å²) < 4.78 is 16.2. The first kappa shape index (κ1) is 20.7. The van der Waals surface area contributed by atoms with Gasteiger partial charge >= 0.3 is 0 Å². The summed E-state index contributed by atoms with van der Waals surface area (Å²) in [7, 11) is 2.13. The number of halogens is 3. The second-order valence-corrected chi connectivity index (χ2v) is 6.78. The van der Waals surface area contributed by atoms with Crippen LogP contribution in [0.4, 0.5) is 4.39 Å². The van der Waals surface area contributed by atoms with Gasteiger partial charge in [-0.2, -0.15) is 0 Å². The molecule has 1 aliphatic heterocycles. The fraction of sp³-hybridized carbons (Fsp3) is 0.350. The molecule has 4 rings (SSSR count). The Hall–Kier alpha value is -1.62. The molecule has 0 spiro atoms. The molecule has 0 amide bonds. The van der Waals surface area contributed by atoms with E-state index in [9.17, 15) is 4.39 Å². The summed E-state index contributed by atoms with van der Waals surface area (Å²) in [5.74, 6) is -0.154. The van der Waals surface area contributed by atoms with Gasteiger partial charge in [0.25, 0.3) is 0 Å². The molecule has 3 heterocycles. The SMILES string of the molecule is Cc1ccc(CCn2c3c(c4cc(F)ccc42)CN(C)CC3)cn1.Cl.Cl. The highest BCUT2D eigenvalue weighted by Gasteiger charge is 2.22. The van der Waals surface area contributed by atoms with Gasteiger partial charge in [-0.3, -0.25) is 4.98 Å². The van der Waals surface area contributed by atoms with Crippen LogP contribution in [0, 0.1) is 12.7 Å². The molecule has 0 radical (unpaired) electrons. The number of hydrogen-bond donors (Lipinski definition) is 0. The minimum absolute atomic E-state index is 0. The average molecular weight is 396 g/mol. The minimum Gasteiger partial charge on any atom is -0.344 e. The molecule has 0 fully saturated rings. The van der Waals surface area contributed by atoms with E-state index in [-0.39, 0.29) is 30.6 Å². The van der Waals surface area contributed by atoms with Crippen molar-refractivity contribution < 1.29 is 4.39 Å². The van der Waals surface area contributed by atoms with Crippen molar-refractivity contribution in [3.8, 4) is 0 Å². The Bertz CT molecular complexity index is 890. The third-order valence-corrected chi connectivity index (χ3v) is 5.00. The number of aryl methyl sites for hydroxylation is 3. The van der Waals surface area contributed by atoms with Crippen molar-refractivity contribution >= 4 is 35.7 Å². The topological polar surface area (TPSA) is 21.1 Å². The predicted molar refractivity (Wildman–Crippen MR) is 109 cm³/mol. The van der Waals surface area contributed by atoms with Gasteiger partial charge in [0, 0.05) is 54.5 Å². The number of pyridine rings is 1. The van der Waals surface area contributed by atoms with E-state index >= 15 is 0 Å². The predicted octanol–water partition coefficient (Wildman–Crippen LogP) is 4.56. The lowest BCUT2D eigenvalue weighted by molar-refractivity contribution is 0.309. The Kier molecular flexibility index (Phi) is 6.67. The first-order valence-corrected chi connectivity index (χ1v) is 8.51. The standard InChI is InChI=1S/C20H22FN3.2ClH/c1-14-3-4-15(12-22-14)7-10-24-19-6-5-16(21)11-17(19)18-13-23(2)9-8-20(18)24;;/h3-6,11-12H,7-10,13H2,1-2H3;2*1H. The van der Waals surface area contributed by atoms with E-state index in [2.05, 4.69) is 33.6 Å². The van der Waals surface area contributed by atoms with Crippen LogP contribution in [0.15, 0.2) is 36.5 Å². The molecule has 0 saturated heterocycles. The van der Waals surface area contributed by atoms with Gasteiger partial charge in [-0.15, -0.1) is 24.8 Å². The van der Waals surface area contributed by atoms with Crippen LogP contribution in [0.1, 0.15) is 22.5 Å². The molecule has 0 aliphatic carbocycles. The number of rotatable bonds is 3. The van der Waals surface area contributed by atoms with Gasteiger partial charge in [-0.1, -0.05) is 6.07 Å². The Morgan fingerprint density at radius 2 is 1.96 bits per heavy atom. The molecule has 1 aliphatic rings. The van der Waals surface area contributed by atoms with E-state index in [1.165, 1.54) is 16.8 Å². The van der Waals surface area contributed by atoms with Gasteiger partial charge in [0.15, 0.2) is 0 Å². The van der Waals surface area contributed by atoms with E-state index < -0.39 is 0 Å². The maximum atomic E-state index is 13.8. The Morgan fingerprint density at radius 3 is 2.69 bits per heavy atom. The summed E-state index contributed by atoms with van der Waals surface area (Å²) in [4.78, 5) is 6.69. The quantitative estimate of drug-likeness (QED) is 0.647. The molecule has 2 aromatic heterocycles. The van der Waals surface area contributed by atoms with Gasteiger partial charge < -0.3 is 9.47 Å².